The number of rotatable bonds is 4. The fourth-order valence-corrected chi connectivity index (χ4v) is 2.80. The lowest BCUT2D eigenvalue weighted by atomic mass is 10.1. The maximum Gasteiger partial charge on any atom is 0.259 e. The first kappa shape index (κ1) is 13.7. The van der Waals surface area contributed by atoms with Crippen molar-refractivity contribution in [1.29, 1.82) is 0 Å². The number of hydrogen-bond donors (Lipinski definition) is 1. The summed E-state index contributed by atoms with van der Waals surface area (Å²) in [7, 11) is 3.40. The van der Waals surface area contributed by atoms with Gasteiger partial charge in [-0.1, -0.05) is 18.9 Å². The second kappa shape index (κ2) is 5.95. The van der Waals surface area contributed by atoms with Crippen LogP contribution in [0.15, 0.2) is 18.2 Å². The van der Waals surface area contributed by atoms with E-state index in [0.29, 0.717) is 22.9 Å². The van der Waals surface area contributed by atoms with Gasteiger partial charge in [-0.05, 0) is 30.9 Å². The van der Waals surface area contributed by atoms with Gasteiger partial charge in [0.1, 0.15) is 11.3 Å². The van der Waals surface area contributed by atoms with Gasteiger partial charge in [0.15, 0.2) is 0 Å². The Balaban J connectivity index is 2.14. The van der Waals surface area contributed by atoms with Crippen LogP contribution in [-0.2, 0) is 0 Å². The molecular formula is C15H22N2O2. The number of nitrogen functional groups attached to an aromatic ring is 1. The Bertz CT molecular complexity index is 453. The van der Waals surface area contributed by atoms with Crippen molar-refractivity contribution in [3.8, 4) is 5.75 Å². The van der Waals surface area contributed by atoms with Gasteiger partial charge in [-0.25, -0.2) is 0 Å². The molecule has 1 aromatic carbocycles. The van der Waals surface area contributed by atoms with Gasteiger partial charge in [0, 0.05) is 19.3 Å². The molecule has 0 unspecified atom stereocenters. The lowest BCUT2D eigenvalue weighted by Gasteiger charge is -2.22. The van der Waals surface area contributed by atoms with E-state index < -0.39 is 0 Å². The Morgan fingerprint density at radius 2 is 2.11 bits per heavy atom. The van der Waals surface area contributed by atoms with Crippen LogP contribution in [0.2, 0.25) is 0 Å². The lowest BCUT2D eigenvalue weighted by Crippen LogP contribution is -2.32. The molecule has 2 N–H and O–H groups in total. The van der Waals surface area contributed by atoms with Crippen LogP contribution in [0.3, 0.4) is 0 Å². The Labute approximate surface area is 114 Å². The van der Waals surface area contributed by atoms with E-state index in [1.54, 1.807) is 30.2 Å². The molecule has 0 saturated heterocycles. The summed E-state index contributed by atoms with van der Waals surface area (Å²) in [6, 6.07) is 5.30. The predicted octanol–water partition coefficient (Wildman–Crippen LogP) is 2.54. The van der Waals surface area contributed by atoms with Crippen molar-refractivity contribution in [2.45, 2.75) is 25.7 Å². The zero-order chi connectivity index (χ0) is 13.8. The maximum atomic E-state index is 12.5. The average molecular weight is 262 g/mol. The first-order valence-electron chi connectivity index (χ1n) is 6.81. The van der Waals surface area contributed by atoms with E-state index in [1.165, 1.54) is 25.7 Å². The Morgan fingerprint density at radius 1 is 1.42 bits per heavy atom. The number of ether oxygens (including phenoxy) is 1. The standard InChI is InChI=1S/C15H22N2O2/c1-17(10-11-6-3-4-7-11)15(18)14-12(16)8-5-9-13(14)19-2/h5,8-9,11H,3-4,6-7,10,16H2,1-2H3. The van der Waals surface area contributed by atoms with E-state index in [0.717, 1.165) is 6.54 Å². The van der Waals surface area contributed by atoms with Crippen LogP contribution >= 0.6 is 0 Å². The van der Waals surface area contributed by atoms with Crippen molar-refractivity contribution >= 4 is 11.6 Å². The van der Waals surface area contributed by atoms with Gasteiger partial charge in [-0.15, -0.1) is 0 Å². The molecule has 0 heterocycles. The molecule has 0 atom stereocenters. The van der Waals surface area contributed by atoms with Gasteiger partial charge in [0.05, 0.1) is 7.11 Å². The second-order valence-electron chi connectivity index (χ2n) is 5.26. The molecule has 1 fully saturated rings. The molecule has 4 nitrogen and oxygen atoms in total. The van der Waals surface area contributed by atoms with Crippen molar-refractivity contribution < 1.29 is 9.53 Å². The van der Waals surface area contributed by atoms with Crippen LogP contribution in [-0.4, -0.2) is 31.5 Å². The third-order valence-corrected chi connectivity index (χ3v) is 3.85. The molecule has 0 radical (unpaired) electrons. The number of methoxy groups -OCH3 is 1. The maximum absolute atomic E-state index is 12.5. The molecule has 2 rings (SSSR count). The Morgan fingerprint density at radius 3 is 2.74 bits per heavy atom. The number of amides is 1. The molecule has 19 heavy (non-hydrogen) atoms. The number of nitrogens with two attached hydrogens (primary N) is 1. The zero-order valence-electron chi connectivity index (χ0n) is 11.7. The summed E-state index contributed by atoms with van der Waals surface area (Å²) in [4.78, 5) is 14.3. The largest absolute Gasteiger partial charge is 0.496 e. The molecule has 0 bridgehead atoms. The molecule has 0 aromatic heterocycles. The van der Waals surface area contributed by atoms with E-state index in [2.05, 4.69) is 0 Å². The molecule has 1 saturated carbocycles. The summed E-state index contributed by atoms with van der Waals surface area (Å²) in [5.74, 6) is 1.12. The fourth-order valence-electron chi connectivity index (χ4n) is 2.80. The molecule has 1 aliphatic rings. The minimum absolute atomic E-state index is 0.0538. The van der Waals surface area contributed by atoms with Gasteiger partial charge in [-0.3, -0.25) is 4.79 Å². The highest BCUT2D eigenvalue weighted by Crippen LogP contribution is 2.28. The van der Waals surface area contributed by atoms with E-state index in [1.807, 2.05) is 7.05 Å². The number of carbonyl (C=O) groups excluding carboxylic acids is 1. The summed E-state index contributed by atoms with van der Waals surface area (Å²) in [5.41, 5.74) is 6.87. The monoisotopic (exact) mass is 262 g/mol. The van der Waals surface area contributed by atoms with Crippen molar-refractivity contribution in [1.82, 2.24) is 4.90 Å². The lowest BCUT2D eigenvalue weighted by molar-refractivity contribution is 0.0771. The second-order valence-corrected chi connectivity index (χ2v) is 5.26. The topological polar surface area (TPSA) is 55.6 Å². The van der Waals surface area contributed by atoms with Crippen molar-refractivity contribution in [3.63, 3.8) is 0 Å². The van der Waals surface area contributed by atoms with Gasteiger partial charge in [0.25, 0.3) is 5.91 Å². The van der Waals surface area contributed by atoms with Gasteiger partial charge >= 0.3 is 0 Å². The van der Waals surface area contributed by atoms with Crippen LogP contribution in [0.5, 0.6) is 5.75 Å². The molecule has 104 valence electrons. The molecule has 0 spiro atoms. The van der Waals surface area contributed by atoms with E-state index in [-0.39, 0.29) is 5.91 Å². The first-order chi connectivity index (χ1) is 9.13. The number of anilines is 1. The summed E-state index contributed by atoms with van der Waals surface area (Å²) in [5, 5.41) is 0. The fraction of sp³-hybridized carbons (Fsp3) is 0.533. The van der Waals surface area contributed by atoms with E-state index in [4.69, 9.17) is 10.5 Å². The highest BCUT2D eigenvalue weighted by molar-refractivity contribution is 6.01. The number of nitrogens with zero attached hydrogens (tertiary/aromatic N) is 1. The van der Waals surface area contributed by atoms with Crippen LogP contribution in [0, 0.1) is 5.92 Å². The minimum Gasteiger partial charge on any atom is -0.496 e. The highest BCUT2D eigenvalue weighted by atomic mass is 16.5. The molecule has 1 aliphatic carbocycles. The van der Waals surface area contributed by atoms with Gasteiger partial charge in [-0.2, -0.15) is 0 Å². The van der Waals surface area contributed by atoms with Crippen LogP contribution in [0.1, 0.15) is 36.0 Å². The minimum atomic E-state index is -0.0538. The average Bonchev–Trinajstić information content (AvgIpc) is 2.90. The zero-order valence-corrected chi connectivity index (χ0v) is 11.7. The summed E-state index contributed by atoms with van der Waals surface area (Å²) in [6.07, 6.45) is 5.01. The van der Waals surface area contributed by atoms with Gasteiger partial charge in [0.2, 0.25) is 0 Å². The molecule has 4 heteroatoms. The summed E-state index contributed by atoms with van der Waals surface area (Å²) in [6.45, 7) is 0.802. The molecule has 0 aliphatic heterocycles. The molecular weight excluding hydrogens is 240 g/mol. The third-order valence-electron chi connectivity index (χ3n) is 3.85. The SMILES string of the molecule is COc1cccc(N)c1C(=O)N(C)CC1CCCC1. The van der Waals surface area contributed by atoms with Gasteiger partial charge < -0.3 is 15.4 Å². The van der Waals surface area contributed by atoms with Crippen molar-refractivity contribution in [2.75, 3.05) is 26.4 Å². The first-order valence-corrected chi connectivity index (χ1v) is 6.81. The number of carbonyl (C=O) groups is 1. The Kier molecular flexibility index (Phi) is 4.30. The van der Waals surface area contributed by atoms with Crippen LogP contribution in [0.25, 0.3) is 0 Å². The third kappa shape index (κ3) is 3.00. The highest BCUT2D eigenvalue weighted by Gasteiger charge is 2.23. The van der Waals surface area contributed by atoms with Crippen LogP contribution in [0.4, 0.5) is 5.69 Å². The Hall–Kier alpha value is -1.71. The molecule has 1 aromatic rings. The number of hydrogen-bond acceptors (Lipinski definition) is 3. The van der Waals surface area contributed by atoms with Crippen molar-refractivity contribution in [2.24, 2.45) is 5.92 Å². The smallest absolute Gasteiger partial charge is 0.259 e. The molecule has 1 amide bonds. The normalized spacial score (nSPS) is 15.5. The number of benzene rings is 1. The van der Waals surface area contributed by atoms with Crippen LogP contribution < -0.4 is 10.5 Å². The van der Waals surface area contributed by atoms with Crippen molar-refractivity contribution in [3.05, 3.63) is 23.8 Å². The summed E-state index contributed by atoms with van der Waals surface area (Å²) < 4.78 is 5.24. The van der Waals surface area contributed by atoms with E-state index >= 15 is 0 Å². The quantitative estimate of drug-likeness (QED) is 0.848. The van der Waals surface area contributed by atoms with E-state index in [9.17, 15) is 4.79 Å². The predicted molar refractivity (Wildman–Crippen MR) is 76.3 cm³/mol. The summed E-state index contributed by atoms with van der Waals surface area (Å²) >= 11 is 0.